The van der Waals surface area contributed by atoms with Gasteiger partial charge in [0.05, 0.1) is 61.8 Å². The van der Waals surface area contributed by atoms with Crippen LogP contribution in [-0.4, -0.2) is 132 Å². The zero-order valence-electron chi connectivity index (χ0n) is 45.2. The number of nitrogens with one attached hydrogen (secondary N) is 1. The molecule has 0 spiro atoms. The molecule has 18 nitrogen and oxygen atoms in total. The number of hydrogen-bond donors (Lipinski definition) is 1. The van der Waals surface area contributed by atoms with Crippen molar-refractivity contribution < 1.29 is 47.3 Å². The van der Waals surface area contributed by atoms with Crippen LogP contribution in [0.25, 0.3) is 11.1 Å². The first-order valence-electron chi connectivity index (χ1n) is 26.4. The van der Waals surface area contributed by atoms with Crippen molar-refractivity contribution in [3.05, 3.63) is 48.0 Å². The van der Waals surface area contributed by atoms with E-state index < -0.39 is 81.7 Å². The van der Waals surface area contributed by atoms with E-state index in [1.165, 1.54) is 18.1 Å². The molecule has 2 aromatic rings. The quantitative estimate of drug-likeness (QED) is 0.112. The summed E-state index contributed by atoms with van der Waals surface area (Å²) in [6.45, 7) is 18.6. The summed E-state index contributed by atoms with van der Waals surface area (Å²) < 4.78 is 44.3. The highest BCUT2D eigenvalue weighted by Crippen LogP contribution is 2.78. The Balaban J connectivity index is 1.06. The van der Waals surface area contributed by atoms with Gasteiger partial charge in [-0.05, 0) is 118 Å². The van der Waals surface area contributed by atoms with Gasteiger partial charge in [-0.3, -0.25) is 9.88 Å². The molecule has 0 radical (unpaired) electrons. The number of anilines is 1. The SMILES string of the molecule is COC(=S)NC[C@H]1CN(c2ccc(-c3ccc(C(C(CCCCC45CN(C(=O)OC(C)(C)C)CC4C5C#N)C45CN(C(=O)OC(C)(C)C)CC4C5C#N)C45CN(C(=O)OC(C)(C)C)CC4C5C#N)nc3)c(F)c2)C(=O)O1. The Morgan fingerprint density at radius 3 is 1.88 bits per heavy atom. The molecule has 76 heavy (non-hydrogen) atoms. The zero-order chi connectivity index (χ0) is 55.1. The van der Waals surface area contributed by atoms with Crippen molar-refractivity contribution in [3.8, 4) is 29.3 Å². The van der Waals surface area contributed by atoms with Gasteiger partial charge >= 0.3 is 24.4 Å². The number of fused-ring (bicyclic) bond motifs is 3. The molecule has 9 rings (SSSR count). The Labute approximate surface area is 450 Å². The molecule has 1 N–H and O–H groups in total. The third-order valence-electron chi connectivity index (χ3n) is 17.1. The minimum Gasteiger partial charge on any atom is -0.474 e. The van der Waals surface area contributed by atoms with Crippen LogP contribution in [-0.2, 0) is 23.7 Å². The van der Waals surface area contributed by atoms with E-state index in [1.54, 1.807) is 59.9 Å². The molecule has 20 heteroatoms. The van der Waals surface area contributed by atoms with E-state index in [1.807, 2.05) is 47.6 Å². The minimum absolute atomic E-state index is 0.0291. The van der Waals surface area contributed by atoms with Gasteiger partial charge < -0.3 is 43.7 Å². The zero-order valence-corrected chi connectivity index (χ0v) is 46.0. The minimum atomic E-state index is -0.823. The largest absolute Gasteiger partial charge is 0.474 e. The van der Waals surface area contributed by atoms with Crippen molar-refractivity contribution in [2.24, 2.45) is 57.7 Å². The number of carbonyl (C=O) groups is 4. The second-order valence-corrected chi connectivity index (χ2v) is 25.5. The number of rotatable bonds is 13. The molecule has 3 saturated carbocycles. The number of carbonyl (C=O) groups excluding carboxylic acids is 4. The summed E-state index contributed by atoms with van der Waals surface area (Å²) in [5.74, 6) is -3.02. The number of pyridine rings is 1. The smallest absolute Gasteiger partial charge is 0.414 e. The molecule has 4 saturated heterocycles. The number of likely N-dealkylation sites (tertiary alicyclic amines) is 3. The third-order valence-corrected chi connectivity index (χ3v) is 17.4. The van der Waals surface area contributed by atoms with E-state index in [0.717, 1.165) is 0 Å². The molecule has 12 atom stereocenters. The van der Waals surface area contributed by atoms with Gasteiger partial charge in [-0.2, -0.15) is 15.8 Å². The summed E-state index contributed by atoms with van der Waals surface area (Å²) in [6.07, 6.45) is 1.67. The number of ether oxygens (including phenoxy) is 5. The van der Waals surface area contributed by atoms with Gasteiger partial charge in [0.25, 0.3) is 5.17 Å². The molecule has 0 bridgehead atoms. The van der Waals surface area contributed by atoms with E-state index in [0.29, 0.717) is 62.3 Å². The Bertz CT molecular complexity index is 2800. The predicted octanol–water partition coefficient (Wildman–Crippen LogP) is 9.01. The van der Waals surface area contributed by atoms with Gasteiger partial charge in [0.1, 0.15) is 28.7 Å². The lowest BCUT2D eigenvalue weighted by molar-refractivity contribution is 0.0197. The van der Waals surface area contributed by atoms with Gasteiger partial charge in [0, 0.05) is 102 Å². The number of amides is 4. The summed E-state index contributed by atoms with van der Waals surface area (Å²) in [5.41, 5.74) is -2.52. The second-order valence-electron chi connectivity index (χ2n) is 25.1. The van der Waals surface area contributed by atoms with Crippen LogP contribution in [0.15, 0.2) is 36.5 Å². The lowest BCUT2D eigenvalue weighted by Crippen LogP contribution is -2.43. The summed E-state index contributed by atoms with van der Waals surface area (Å²) >= 11 is 5.05. The predicted molar refractivity (Wildman–Crippen MR) is 278 cm³/mol. The fraction of sp³-hybridized carbons (Fsp3) is 0.661. The maximum absolute atomic E-state index is 16.3. The molecule has 7 aliphatic rings. The van der Waals surface area contributed by atoms with Crippen molar-refractivity contribution in [1.82, 2.24) is 25.0 Å². The molecule has 11 unspecified atom stereocenters. The van der Waals surface area contributed by atoms with Crippen LogP contribution in [0.1, 0.15) is 99.6 Å². The topological polar surface area (TPSA) is 224 Å². The maximum atomic E-state index is 16.3. The van der Waals surface area contributed by atoms with Crippen LogP contribution < -0.4 is 10.2 Å². The van der Waals surface area contributed by atoms with Crippen LogP contribution in [0, 0.1) is 97.5 Å². The fourth-order valence-electron chi connectivity index (χ4n) is 13.8. The van der Waals surface area contributed by atoms with Gasteiger partial charge in [-0.25, -0.2) is 23.6 Å². The van der Waals surface area contributed by atoms with Crippen molar-refractivity contribution in [2.45, 2.75) is 117 Å². The summed E-state index contributed by atoms with van der Waals surface area (Å²) in [4.78, 5) is 65.6. The molecule has 1 aromatic heterocycles. The van der Waals surface area contributed by atoms with Gasteiger partial charge in [-0.1, -0.05) is 18.9 Å². The number of piperidine rings is 3. The molecule has 5 heterocycles. The average molecular weight is 1060 g/mol. The molecule has 7 fully saturated rings. The number of aromatic nitrogens is 1. The Kier molecular flexibility index (Phi) is 14.0. The van der Waals surface area contributed by atoms with Crippen LogP contribution in [0.2, 0.25) is 0 Å². The highest BCUT2D eigenvalue weighted by molar-refractivity contribution is 7.80. The fourth-order valence-corrected chi connectivity index (χ4v) is 13.9. The first kappa shape index (κ1) is 54.3. The molecule has 4 amide bonds. The van der Waals surface area contributed by atoms with E-state index in [9.17, 15) is 35.0 Å². The van der Waals surface area contributed by atoms with Gasteiger partial charge in [0.15, 0.2) is 0 Å². The van der Waals surface area contributed by atoms with Gasteiger partial charge in [0.2, 0.25) is 0 Å². The summed E-state index contributed by atoms with van der Waals surface area (Å²) in [6, 6.07) is 15.9. The first-order valence-corrected chi connectivity index (χ1v) is 26.8. The Morgan fingerprint density at radius 1 is 0.789 bits per heavy atom. The Hall–Kier alpha value is -6.46. The normalized spacial score (nSPS) is 30.6. The molecular weight excluding hydrogens is 994 g/mol. The van der Waals surface area contributed by atoms with Crippen LogP contribution in [0.4, 0.5) is 29.3 Å². The van der Waals surface area contributed by atoms with Crippen LogP contribution in [0.5, 0.6) is 0 Å². The van der Waals surface area contributed by atoms with E-state index in [-0.39, 0.29) is 78.5 Å². The third kappa shape index (κ3) is 9.93. The summed E-state index contributed by atoms with van der Waals surface area (Å²) in [7, 11) is 1.43. The number of methoxy groups -OCH3 is 1. The molecular formula is C56H70FN9O9S. The monoisotopic (exact) mass is 1060 g/mol. The van der Waals surface area contributed by atoms with Crippen LogP contribution in [0.3, 0.4) is 0 Å². The standard InChI is InChI=1S/C56H70FN9O9S/c1-51(2,3)73-47(67)63-26-40-37(20-58)54(40,29-63)18-12-11-13-36(55-30-64(27-41(55)38(55)21-59)48(68)74-52(4,5)6)45(56-31-65(28-42(56)39(56)22-60)49(69)75-53(7,8)9)44-17-14-32(23-61-44)35-16-15-33(19-43(35)57)66-25-34(72-50(66)70)24-62-46(76)71-10/h14-17,19,23,34,36-42,45H,11-13,18,24-31H2,1-10H3,(H,62,76)/t34-,36?,37?,38?,39?,40?,41?,42?,45?,54?,55?,56?/m0/s1. The van der Waals surface area contributed by atoms with Crippen LogP contribution >= 0.6 is 12.2 Å². The summed E-state index contributed by atoms with van der Waals surface area (Å²) in [5, 5.41) is 35.3. The van der Waals surface area contributed by atoms with Crippen molar-refractivity contribution in [1.29, 1.82) is 15.8 Å². The maximum Gasteiger partial charge on any atom is 0.414 e. The number of benzene rings is 1. The number of hydrogen-bond acceptors (Lipinski definition) is 14. The van der Waals surface area contributed by atoms with E-state index in [4.69, 9.17) is 40.9 Å². The molecule has 406 valence electrons. The lowest BCUT2D eigenvalue weighted by atomic mass is 9.65. The highest BCUT2D eigenvalue weighted by atomic mass is 32.1. The van der Waals surface area contributed by atoms with E-state index >= 15 is 4.39 Å². The Morgan fingerprint density at radius 2 is 1.34 bits per heavy atom. The van der Waals surface area contributed by atoms with Crippen molar-refractivity contribution in [3.63, 3.8) is 0 Å². The first-order chi connectivity index (χ1) is 35.7. The average Bonchev–Trinajstić information content (AvgIpc) is 4.21. The number of cyclic esters (lactones) is 1. The van der Waals surface area contributed by atoms with E-state index in [2.05, 4.69) is 23.5 Å². The number of unbranched alkanes of at least 4 members (excludes halogenated alkanes) is 1. The highest BCUT2D eigenvalue weighted by Gasteiger charge is 2.80. The van der Waals surface area contributed by atoms with Crippen molar-refractivity contribution >= 4 is 47.5 Å². The van der Waals surface area contributed by atoms with Crippen molar-refractivity contribution in [2.75, 3.05) is 64.4 Å². The number of halogens is 1. The number of thiocarbonyl (C=S) groups is 1. The molecule has 4 aliphatic heterocycles. The number of nitrogens with zero attached hydrogens (tertiary/aromatic N) is 8. The van der Waals surface area contributed by atoms with Gasteiger partial charge in [-0.15, -0.1) is 0 Å². The molecule has 1 aromatic carbocycles. The second kappa shape index (κ2) is 19.5. The number of nitriles is 3. The lowest BCUT2D eigenvalue weighted by Gasteiger charge is -2.40. The molecule has 3 aliphatic carbocycles.